The fraction of sp³-hybridized carbons (Fsp3) is 0.364. The van der Waals surface area contributed by atoms with Crippen LogP contribution in [0.15, 0.2) is 60.7 Å². The van der Waals surface area contributed by atoms with Crippen LogP contribution in [-0.2, 0) is 19.1 Å². The first-order valence-electron chi connectivity index (χ1n) is 9.08. The number of rotatable bonds is 6. The maximum atomic E-state index is 13.1. The van der Waals surface area contributed by atoms with Crippen molar-refractivity contribution in [1.29, 1.82) is 0 Å². The summed E-state index contributed by atoms with van der Waals surface area (Å²) in [5.41, 5.74) is 1.24. The van der Waals surface area contributed by atoms with Crippen LogP contribution in [-0.4, -0.2) is 24.6 Å². The van der Waals surface area contributed by atoms with Crippen LogP contribution in [0.2, 0.25) is 0 Å². The fourth-order valence-corrected chi connectivity index (χ4v) is 3.55. The van der Waals surface area contributed by atoms with Gasteiger partial charge in [0, 0.05) is 0 Å². The molecule has 0 N–H and O–H groups in total. The van der Waals surface area contributed by atoms with E-state index in [-0.39, 0.29) is 0 Å². The Balaban J connectivity index is 1.92. The van der Waals surface area contributed by atoms with Gasteiger partial charge in [0.1, 0.15) is 12.5 Å². The van der Waals surface area contributed by atoms with Crippen molar-refractivity contribution in [2.45, 2.75) is 38.7 Å². The topological polar surface area (TPSA) is 52.6 Å². The molecule has 0 aromatic heterocycles. The standard InChI is InChI=1S/C22H24O4/c1-3-22(4-2)15-25-21(24)19(22)26-20(23)18(16-11-7-5-8-12-16)17-13-9-6-10-14-17/h5-14,18-19H,3-4,15H2,1-2H3/t19-/m0/s1. The number of carbonyl (C=O) groups excluding carboxylic acids is 2. The lowest BCUT2D eigenvalue weighted by Crippen LogP contribution is -2.39. The van der Waals surface area contributed by atoms with Gasteiger partial charge in [0.05, 0.1) is 5.41 Å². The molecule has 1 saturated heterocycles. The molecule has 0 aliphatic carbocycles. The third-order valence-corrected chi connectivity index (χ3v) is 5.42. The number of hydrogen-bond acceptors (Lipinski definition) is 4. The van der Waals surface area contributed by atoms with Crippen molar-refractivity contribution in [3.8, 4) is 0 Å². The van der Waals surface area contributed by atoms with Crippen molar-refractivity contribution in [2.24, 2.45) is 5.41 Å². The molecule has 0 radical (unpaired) electrons. The highest BCUT2D eigenvalue weighted by Crippen LogP contribution is 2.40. The summed E-state index contributed by atoms with van der Waals surface area (Å²) in [6.45, 7) is 4.30. The molecular formula is C22H24O4. The Morgan fingerprint density at radius 2 is 1.54 bits per heavy atom. The second-order valence-corrected chi connectivity index (χ2v) is 6.75. The van der Waals surface area contributed by atoms with Gasteiger partial charge in [0.25, 0.3) is 0 Å². The van der Waals surface area contributed by atoms with Crippen molar-refractivity contribution in [3.63, 3.8) is 0 Å². The number of esters is 2. The molecule has 2 aromatic carbocycles. The van der Waals surface area contributed by atoms with Gasteiger partial charge in [-0.1, -0.05) is 74.5 Å². The zero-order valence-electron chi connectivity index (χ0n) is 15.2. The molecule has 3 rings (SSSR count). The van der Waals surface area contributed by atoms with Gasteiger partial charge in [-0.25, -0.2) is 4.79 Å². The number of carbonyl (C=O) groups is 2. The predicted octanol–water partition coefficient (Wildman–Crippen LogP) is 4.09. The minimum atomic E-state index is -0.847. The lowest BCUT2D eigenvalue weighted by Gasteiger charge is -2.29. The van der Waals surface area contributed by atoms with E-state index in [0.29, 0.717) is 19.4 Å². The molecule has 1 atom stereocenters. The molecule has 26 heavy (non-hydrogen) atoms. The molecule has 0 amide bonds. The van der Waals surface area contributed by atoms with Crippen LogP contribution >= 0.6 is 0 Å². The van der Waals surface area contributed by atoms with E-state index in [1.54, 1.807) is 0 Å². The average Bonchev–Trinajstić information content (AvgIpc) is 3.00. The van der Waals surface area contributed by atoms with Gasteiger partial charge < -0.3 is 9.47 Å². The Morgan fingerprint density at radius 1 is 1.04 bits per heavy atom. The molecule has 1 aliphatic heterocycles. The molecule has 0 saturated carbocycles. The second kappa shape index (κ2) is 7.73. The van der Waals surface area contributed by atoms with E-state index < -0.39 is 29.4 Å². The van der Waals surface area contributed by atoms with E-state index in [9.17, 15) is 9.59 Å². The predicted molar refractivity (Wildman–Crippen MR) is 98.6 cm³/mol. The fourth-order valence-electron chi connectivity index (χ4n) is 3.55. The van der Waals surface area contributed by atoms with Crippen molar-refractivity contribution in [3.05, 3.63) is 71.8 Å². The van der Waals surface area contributed by atoms with Gasteiger partial charge in [0.15, 0.2) is 0 Å². The minimum absolute atomic E-state index is 0.304. The largest absolute Gasteiger partial charge is 0.462 e. The molecule has 2 aromatic rings. The van der Waals surface area contributed by atoms with Gasteiger partial charge in [-0.05, 0) is 24.0 Å². The van der Waals surface area contributed by atoms with Crippen LogP contribution in [0.3, 0.4) is 0 Å². The van der Waals surface area contributed by atoms with Crippen molar-refractivity contribution >= 4 is 11.9 Å². The Kier molecular flexibility index (Phi) is 5.40. The van der Waals surface area contributed by atoms with E-state index in [4.69, 9.17) is 9.47 Å². The third kappa shape index (κ3) is 3.36. The number of benzene rings is 2. The highest BCUT2D eigenvalue weighted by Gasteiger charge is 2.51. The van der Waals surface area contributed by atoms with Crippen LogP contribution in [0.4, 0.5) is 0 Å². The number of cyclic esters (lactones) is 1. The smallest absolute Gasteiger partial charge is 0.348 e. The molecule has 1 fully saturated rings. The molecular weight excluding hydrogens is 328 g/mol. The summed E-state index contributed by atoms with van der Waals surface area (Å²) in [5, 5.41) is 0. The highest BCUT2D eigenvalue weighted by molar-refractivity contribution is 5.86. The summed E-state index contributed by atoms with van der Waals surface area (Å²) in [7, 11) is 0. The summed E-state index contributed by atoms with van der Waals surface area (Å²) in [6.07, 6.45) is 0.586. The lowest BCUT2D eigenvalue weighted by atomic mass is 9.79. The first-order chi connectivity index (χ1) is 12.6. The van der Waals surface area contributed by atoms with Crippen LogP contribution in [0.1, 0.15) is 43.7 Å². The Morgan fingerprint density at radius 3 is 2.00 bits per heavy atom. The van der Waals surface area contributed by atoms with Gasteiger partial charge in [0.2, 0.25) is 6.10 Å². The minimum Gasteiger partial charge on any atom is -0.462 e. The first-order valence-corrected chi connectivity index (χ1v) is 9.08. The van der Waals surface area contributed by atoms with Crippen LogP contribution in [0.5, 0.6) is 0 Å². The van der Waals surface area contributed by atoms with Crippen molar-refractivity contribution < 1.29 is 19.1 Å². The van der Waals surface area contributed by atoms with E-state index in [1.165, 1.54) is 0 Å². The molecule has 4 nitrogen and oxygen atoms in total. The molecule has 1 aliphatic rings. The van der Waals surface area contributed by atoms with E-state index in [1.807, 2.05) is 74.5 Å². The van der Waals surface area contributed by atoms with E-state index >= 15 is 0 Å². The quantitative estimate of drug-likeness (QED) is 0.735. The molecule has 136 valence electrons. The summed E-state index contributed by atoms with van der Waals surface area (Å²) >= 11 is 0. The maximum absolute atomic E-state index is 13.1. The molecule has 0 unspecified atom stereocenters. The van der Waals surface area contributed by atoms with Gasteiger partial charge >= 0.3 is 11.9 Å². The average molecular weight is 352 g/mol. The van der Waals surface area contributed by atoms with Gasteiger partial charge in [-0.3, -0.25) is 4.79 Å². The Labute approximate surface area is 154 Å². The summed E-state index contributed by atoms with van der Waals surface area (Å²) in [5.74, 6) is -1.43. The van der Waals surface area contributed by atoms with Crippen molar-refractivity contribution in [1.82, 2.24) is 0 Å². The van der Waals surface area contributed by atoms with Crippen LogP contribution in [0.25, 0.3) is 0 Å². The normalized spacial score (nSPS) is 18.6. The molecule has 0 bridgehead atoms. The third-order valence-electron chi connectivity index (χ3n) is 5.42. The van der Waals surface area contributed by atoms with Crippen LogP contribution in [0, 0.1) is 5.41 Å². The Bertz CT molecular complexity index is 711. The van der Waals surface area contributed by atoms with E-state index in [2.05, 4.69) is 0 Å². The molecule has 0 spiro atoms. The van der Waals surface area contributed by atoms with Gasteiger partial charge in [-0.15, -0.1) is 0 Å². The second-order valence-electron chi connectivity index (χ2n) is 6.75. The zero-order valence-corrected chi connectivity index (χ0v) is 15.2. The number of ether oxygens (including phenoxy) is 2. The first kappa shape index (κ1) is 18.2. The zero-order chi connectivity index (χ0) is 18.6. The van der Waals surface area contributed by atoms with Gasteiger partial charge in [-0.2, -0.15) is 0 Å². The maximum Gasteiger partial charge on any atom is 0.348 e. The van der Waals surface area contributed by atoms with Crippen molar-refractivity contribution in [2.75, 3.05) is 6.61 Å². The summed E-state index contributed by atoms with van der Waals surface area (Å²) < 4.78 is 11.0. The lowest BCUT2D eigenvalue weighted by molar-refractivity contribution is -0.164. The SMILES string of the molecule is CCC1(CC)COC(=O)[C@@H]1OC(=O)C(c1ccccc1)c1ccccc1. The summed E-state index contributed by atoms with van der Waals surface area (Å²) in [4.78, 5) is 25.4. The monoisotopic (exact) mass is 352 g/mol. The highest BCUT2D eigenvalue weighted by atomic mass is 16.6. The Hall–Kier alpha value is -2.62. The number of hydrogen-bond donors (Lipinski definition) is 0. The molecule has 4 heteroatoms. The van der Waals surface area contributed by atoms with Crippen LogP contribution < -0.4 is 0 Å². The summed E-state index contributed by atoms with van der Waals surface area (Å²) in [6, 6.07) is 19.0. The molecule has 1 heterocycles. The van der Waals surface area contributed by atoms with E-state index in [0.717, 1.165) is 11.1 Å².